The molecule has 0 spiro atoms. The number of piperidine rings is 3. The summed E-state index contributed by atoms with van der Waals surface area (Å²) in [5, 5.41) is 9.64. The molecule has 7 nitrogen and oxygen atoms in total. The topological polar surface area (TPSA) is 68.6 Å². The van der Waals surface area contributed by atoms with E-state index in [1.165, 1.54) is 17.0 Å². The summed E-state index contributed by atoms with van der Waals surface area (Å²) >= 11 is 1.73. The van der Waals surface area contributed by atoms with E-state index in [4.69, 9.17) is 14.6 Å². The molecule has 0 aliphatic carbocycles. The highest BCUT2D eigenvalue weighted by molar-refractivity contribution is 7.13. The highest BCUT2D eigenvalue weighted by atomic mass is 32.1. The summed E-state index contributed by atoms with van der Waals surface area (Å²) in [6, 6.07) is 13.9. The van der Waals surface area contributed by atoms with Gasteiger partial charge in [-0.3, -0.25) is 14.9 Å². The van der Waals surface area contributed by atoms with Gasteiger partial charge in [0.05, 0.1) is 12.0 Å². The molecule has 0 radical (unpaired) electrons. The molecule has 32 heavy (non-hydrogen) atoms. The second kappa shape index (κ2) is 8.96. The number of benzene rings is 1. The Hall–Kier alpha value is -2.84. The van der Waals surface area contributed by atoms with Crippen molar-refractivity contribution in [2.45, 2.75) is 24.8 Å². The summed E-state index contributed by atoms with van der Waals surface area (Å²) in [5.41, 5.74) is 3.06. The second-order valence-electron chi connectivity index (χ2n) is 8.55. The Morgan fingerprint density at radius 2 is 2.12 bits per heavy atom. The highest BCUT2D eigenvalue weighted by Crippen LogP contribution is 2.42. The molecule has 1 unspecified atom stereocenters. The largest absolute Gasteiger partial charge is 0.497 e. The lowest BCUT2D eigenvalue weighted by atomic mass is 9.74. The van der Waals surface area contributed by atoms with E-state index in [0.29, 0.717) is 24.1 Å². The third-order valence-corrected chi connectivity index (χ3v) is 7.58. The van der Waals surface area contributed by atoms with Gasteiger partial charge in [-0.15, -0.1) is 11.3 Å². The zero-order valence-electron chi connectivity index (χ0n) is 18.4. The number of fused-ring (bicyclic) bond motifs is 3. The molecule has 3 aliphatic rings. The predicted molar refractivity (Wildman–Crippen MR) is 125 cm³/mol. The van der Waals surface area contributed by atoms with Crippen LogP contribution < -0.4 is 10.1 Å². The number of hydrogen-bond donors (Lipinski definition) is 1. The fourth-order valence-corrected chi connectivity index (χ4v) is 5.70. The molecule has 3 aliphatic heterocycles. The van der Waals surface area contributed by atoms with Crippen molar-refractivity contribution in [3.8, 4) is 16.3 Å². The summed E-state index contributed by atoms with van der Waals surface area (Å²) in [7, 11) is 3.67. The van der Waals surface area contributed by atoms with Gasteiger partial charge in [-0.05, 0) is 67.1 Å². The van der Waals surface area contributed by atoms with Crippen LogP contribution >= 0.6 is 11.3 Å². The van der Waals surface area contributed by atoms with Gasteiger partial charge < -0.3 is 9.47 Å². The van der Waals surface area contributed by atoms with Crippen molar-refractivity contribution in [2.75, 3.05) is 32.1 Å². The molecule has 3 fully saturated rings. The number of aryl methyl sites for hydroxylation is 1. The molecule has 2 aromatic heterocycles. The number of thiophene rings is 1. The minimum Gasteiger partial charge on any atom is -0.497 e. The summed E-state index contributed by atoms with van der Waals surface area (Å²) in [6.45, 7) is 2.46. The third-order valence-electron chi connectivity index (χ3n) is 6.69. The number of nitrogens with zero attached hydrogens (tertiary/aromatic N) is 3. The number of hydrogen-bond acceptors (Lipinski definition) is 6. The van der Waals surface area contributed by atoms with Crippen LogP contribution in [0.1, 0.15) is 24.5 Å². The van der Waals surface area contributed by atoms with E-state index < -0.39 is 6.09 Å². The van der Waals surface area contributed by atoms with Crippen molar-refractivity contribution in [1.29, 1.82) is 0 Å². The zero-order chi connectivity index (χ0) is 22.1. The van der Waals surface area contributed by atoms with Crippen LogP contribution in [0.5, 0.6) is 5.75 Å². The molecule has 168 valence electrons. The Bertz CT molecular complexity index is 1060. The van der Waals surface area contributed by atoms with Gasteiger partial charge in [-0.25, -0.2) is 4.79 Å². The average molecular weight is 453 g/mol. The number of methoxy groups -OCH3 is 1. The molecule has 8 heteroatoms. The first-order valence-electron chi connectivity index (χ1n) is 11.0. The van der Waals surface area contributed by atoms with Gasteiger partial charge in [0.25, 0.3) is 0 Å². The smallest absolute Gasteiger partial charge is 0.411 e. The van der Waals surface area contributed by atoms with Crippen LogP contribution in [0.25, 0.3) is 10.6 Å². The molecule has 0 saturated carbocycles. The van der Waals surface area contributed by atoms with Crippen molar-refractivity contribution in [1.82, 2.24) is 14.7 Å². The molecule has 2 bridgehead atoms. The SMILES string of the molecule is COc1ccc(NC(=O)OC[C@H]2C[C@@H]3CCN2C[C@H]3c2cc(-c3cccs3)nn2C)cc1. The van der Waals surface area contributed by atoms with E-state index in [2.05, 4.69) is 38.5 Å². The number of nitrogens with one attached hydrogen (secondary N) is 1. The molecule has 1 aromatic carbocycles. The van der Waals surface area contributed by atoms with E-state index in [9.17, 15) is 4.79 Å². The summed E-state index contributed by atoms with van der Waals surface area (Å²) in [6.07, 6.45) is 1.81. The first kappa shape index (κ1) is 21.0. The molecule has 4 atom stereocenters. The van der Waals surface area contributed by atoms with Crippen molar-refractivity contribution in [2.24, 2.45) is 13.0 Å². The first-order chi connectivity index (χ1) is 15.6. The van der Waals surface area contributed by atoms with Crippen LogP contribution in [0.3, 0.4) is 0 Å². The number of anilines is 1. The average Bonchev–Trinajstić information content (AvgIpc) is 3.48. The maximum atomic E-state index is 12.3. The third kappa shape index (κ3) is 4.25. The Labute approximate surface area is 191 Å². The first-order valence-corrected chi connectivity index (χ1v) is 11.9. The number of amides is 1. The van der Waals surface area contributed by atoms with Gasteiger partial charge in [-0.1, -0.05) is 6.07 Å². The Balaban J connectivity index is 1.18. The fraction of sp³-hybridized carbons (Fsp3) is 0.417. The van der Waals surface area contributed by atoms with E-state index in [1.54, 1.807) is 30.6 Å². The quantitative estimate of drug-likeness (QED) is 0.593. The van der Waals surface area contributed by atoms with Gasteiger partial charge in [0.1, 0.15) is 18.1 Å². The molecule has 3 saturated heterocycles. The highest BCUT2D eigenvalue weighted by Gasteiger charge is 2.42. The van der Waals surface area contributed by atoms with Crippen LogP contribution in [0.15, 0.2) is 47.8 Å². The number of aromatic nitrogens is 2. The van der Waals surface area contributed by atoms with Crippen LogP contribution in [0.2, 0.25) is 0 Å². The van der Waals surface area contributed by atoms with Gasteiger partial charge in [0.2, 0.25) is 0 Å². The van der Waals surface area contributed by atoms with Crippen LogP contribution in [0.4, 0.5) is 10.5 Å². The standard InChI is InChI=1S/C24H28N4O3S/c1-27-22(13-21(26-27)23-4-3-11-32-23)20-14-28-10-9-16(20)12-18(28)15-31-24(29)25-17-5-7-19(30-2)8-6-17/h3-8,11,13,16,18,20H,9-10,12,14-15H2,1-2H3,(H,25,29)/t16-,18+,20+/m0/s1. The van der Waals surface area contributed by atoms with Crippen molar-refractivity contribution in [3.63, 3.8) is 0 Å². The lowest BCUT2D eigenvalue weighted by Crippen LogP contribution is -2.54. The summed E-state index contributed by atoms with van der Waals surface area (Å²) in [5.74, 6) is 1.81. The summed E-state index contributed by atoms with van der Waals surface area (Å²) < 4.78 is 12.8. The van der Waals surface area contributed by atoms with Gasteiger partial charge in [0, 0.05) is 36.9 Å². The van der Waals surface area contributed by atoms with Gasteiger partial charge in [-0.2, -0.15) is 5.10 Å². The van der Waals surface area contributed by atoms with Crippen LogP contribution in [0, 0.1) is 5.92 Å². The van der Waals surface area contributed by atoms with E-state index in [-0.39, 0.29) is 6.04 Å². The predicted octanol–water partition coefficient (Wildman–Crippen LogP) is 4.58. The molecular weight excluding hydrogens is 424 g/mol. The van der Waals surface area contributed by atoms with Crippen molar-refractivity contribution >= 4 is 23.1 Å². The lowest BCUT2D eigenvalue weighted by Gasteiger charge is -2.49. The molecule has 1 N–H and O–H groups in total. The van der Waals surface area contributed by atoms with Crippen molar-refractivity contribution in [3.05, 3.63) is 53.5 Å². The van der Waals surface area contributed by atoms with Gasteiger partial charge >= 0.3 is 6.09 Å². The number of rotatable bonds is 6. The number of ether oxygens (including phenoxy) is 2. The van der Waals surface area contributed by atoms with E-state index in [0.717, 1.165) is 31.0 Å². The maximum absolute atomic E-state index is 12.3. The monoisotopic (exact) mass is 452 g/mol. The zero-order valence-corrected chi connectivity index (χ0v) is 19.2. The number of carbonyl (C=O) groups excluding carboxylic acids is 1. The Morgan fingerprint density at radius 1 is 1.28 bits per heavy atom. The summed E-state index contributed by atoms with van der Waals surface area (Å²) in [4.78, 5) is 16.0. The van der Waals surface area contributed by atoms with Crippen molar-refractivity contribution < 1.29 is 14.3 Å². The number of carbonyl (C=O) groups is 1. The van der Waals surface area contributed by atoms with Crippen LogP contribution in [-0.2, 0) is 11.8 Å². The second-order valence-corrected chi connectivity index (χ2v) is 9.49. The van der Waals surface area contributed by atoms with Gasteiger partial charge in [0.15, 0.2) is 0 Å². The molecule has 6 rings (SSSR count). The Morgan fingerprint density at radius 3 is 2.81 bits per heavy atom. The Kier molecular flexibility index (Phi) is 5.89. The van der Waals surface area contributed by atoms with E-state index >= 15 is 0 Å². The normalized spacial score (nSPS) is 24.3. The molecular formula is C24H28N4O3S. The molecule has 3 aromatic rings. The lowest BCUT2D eigenvalue weighted by molar-refractivity contribution is -0.00222. The maximum Gasteiger partial charge on any atom is 0.411 e. The molecule has 5 heterocycles. The fourth-order valence-electron chi connectivity index (χ4n) is 5.02. The minimum atomic E-state index is -0.415. The van der Waals surface area contributed by atoms with E-state index in [1.807, 2.05) is 19.2 Å². The van der Waals surface area contributed by atoms with Crippen LogP contribution in [-0.4, -0.2) is 53.6 Å². The molecule has 1 amide bonds. The minimum absolute atomic E-state index is 0.275.